The summed E-state index contributed by atoms with van der Waals surface area (Å²) >= 11 is 0. The van der Waals surface area contributed by atoms with Gasteiger partial charge in [-0.05, 0) is 124 Å². The highest BCUT2D eigenvalue weighted by atomic mass is 15.3. The first kappa shape index (κ1) is 38.8. The van der Waals surface area contributed by atoms with E-state index in [1.165, 1.54) is 27.6 Å². The molecule has 0 atom stereocenters. The minimum atomic E-state index is 1.08. The fourth-order valence-electron chi connectivity index (χ4n) is 9.58. The molecule has 66 heavy (non-hydrogen) atoms. The van der Waals surface area contributed by atoms with Gasteiger partial charge in [-0.1, -0.05) is 176 Å². The number of anilines is 9. The zero-order valence-electron chi connectivity index (χ0n) is 36.2. The van der Waals surface area contributed by atoms with Crippen LogP contribution >= 0.6 is 0 Å². The Morgan fingerprint density at radius 2 is 0.652 bits per heavy atom. The molecule has 2 heterocycles. The van der Waals surface area contributed by atoms with Gasteiger partial charge in [0.1, 0.15) is 5.82 Å². The zero-order valence-corrected chi connectivity index (χ0v) is 36.2. The van der Waals surface area contributed by atoms with Crippen molar-refractivity contribution in [2.75, 3.05) is 14.7 Å². The summed E-state index contributed by atoms with van der Waals surface area (Å²) in [6.45, 7) is 0. The van der Waals surface area contributed by atoms with Crippen LogP contribution in [0.5, 0.6) is 0 Å². The van der Waals surface area contributed by atoms with E-state index >= 15 is 0 Å². The van der Waals surface area contributed by atoms with Crippen LogP contribution in [0.2, 0.25) is 0 Å². The van der Waals surface area contributed by atoms with E-state index in [4.69, 9.17) is 0 Å². The Kier molecular flexibility index (Phi) is 9.81. The number of aromatic nitrogens is 1. The fraction of sp³-hybridized carbons (Fsp3) is 0. The molecule has 0 saturated heterocycles. The summed E-state index contributed by atoms with van der Waals surface area (Å²) in [6.07, 6.45) is 0. The third-order valence-electron chi connectivity index (χ3n) is 12.7. The average Bonchev–Trinajstić information content (AvgIpc) is 3.74. The van der Waals surface area contributed by atoms with Crippen LogP contribution in [0.4, 0.5) is 51.3 Å². The summed E-state index contributed by atoms with van der Waals surface area (Å²) in [5.41, 5.74) is 18.1. The predicted molar refractivity (Wildman–Crippen MR) is 277 cm³/mol. The molecule has 4 heteroatoms. The lowest BCUT2D eigenvalue weighted by molar-refractivity contribution is 1.05. The maximum Gasteiger partial charge on any atom is 0.148 e. The largest absolute Gasteiger partial charge is 0.311 e. The van der Waals surface area contributed by atoms with Crippen LogP contribution in [-0.4, -0.2) is 4.57 Å². The van der Waals surface area contributed by atoms with Crippen LogP contribution in [0, 0.1) is 0 Å². The van der Waals surface area contributed by atoms with Gasteiger partial charge in [0.25, 0.3) is 0 Å². The lowest BCUT2D eigenvalue weighted by Gasteiger charge is -2.40. The Morgan fingerprint density at radius 1 is 0.273 bits per heavy atom. The molecule has 312 valence electrons. The van der Waals surface area contributed by atoms with Crippen molar-refractivity contribution in [1.82, 2.24) is 4.57 Å². The summed E-state index contributed by atoms with van der Waals surface area (Å²) in [6, 6.07) is 96.0. The quantitative estimate of drug-likeness (QED) is 0.144. The minimum Gasteiger partial charge on any atom is -0.311 e. The van der Waals surface area contributed by atoms with Crippen LogP contribution < -0.4 is 14.7 Å². The first-order valence-corrected chi connectivity index (χ1v) is 22.5. The Hall–Kier alpha value is -8.86. The van der Waals surface area contributed by atoms with Crippen LogP contribution in [0.25, 0.3) is 50.0 Å². The van der Waals surface area contributed by atoms with E-state index in [1.54, 1.807) is 0 Å². The van der Waals surface area contributed by atoms with E-state index < -0.39 is 0 Å². The van der Waals surface area contributed by atoms with Gasteiger partial charge in [0.15, 0.2) is 0 Å². The first-order valence-electron chi connectivity index (χ1n) is 22.5. The summed E-state index contributed by atoms with van der Waals surface area (Å²) in [5.74, 6) is 1.09. The molecule has 11 aromatic rings. The van der Waals surface area contributed by atoms with Crippen molar-refractivity contribution in [3.8, 4) is 39.1 Å². The highest BCUT2D eigenvalue weighted by molar-refractivity contribution is 6.13. The molecule has 0 unspecified atom stereocenters. The van der Waals surface area contributed by atoms with Gasteiger partial charge in [0.2, 0.25) is 0 Å². The Morgan fingerprint density at radius 3 is 1.15 bits per heavy atom. The molecule has 0 aliphatic carbocycles. The van der Waals surface area contributed by atoms with Crippen LogP contribution in [0.1, 0.15) is 0 Å². The summed E-state index contributed by atoms with van der Waals surface area (Å²) in [4.78, 5) is 7.25. The summed E-state index contributed by atoms with van der Waals surface area (Å²) < 4.78 is 2.42. The van der Waals surface area contributed by atoms with Gasteiger partial charge in [-0.15, -0.1) is 0 Å². The van der Waals surface area contributed by atoms with Crippen LogP contribution in [0.3, 0.4) is 0 Å². The van der Waals surface area contributed by atoms with Gasteiger partial charge in [0.05, 0.1) is 22.6 Å². The average molecular weight is 845 g/mol. The smallest absolute Gasteiger partial charge is 0.148 e. The number of hydrogen-bond acceptors (Lipinski definition) is 3. The number of benzene rings is 10. The van der Waals surface area contributed by atoms with Crippen molar-refractivity contribution in [1.29, 1.82) is 0 Å². The summed E-state index contributed by atoms with van der Waals surface area (Å²) in [7, 11) is 0. The number of para-hydroxylation sites is 4. The van der Waals surface area contributed by atoms with E-state index in [0.717, 1.165) is 73.6 Å². The first-order chi connectivity index (χ1) is 32.8. The summed E-state index contributed by atoms with van der Waals surface area (Å²) in [5, 5.41) is 1.18. The number of nitrogens with zero attached hydrogens (tertiary/aromatic N) is 4. The second-order valence-electron chi connectivity index (χ2n) is 16.6. The molecule has 1 aromatic heterocycles. The van der Waals surface area contributed by atoms with Crippen molar-refractivity contribution in [3.05, 3.63) is 267 Å². The molecule has 1 aliphatic rings. The van der Waals surface area contributed by atoms with Gasteiger partial charge >= 0.3 is 0 Å². The Bertz CT molecular complexity index is 3340. The molecule has 0 spiro atoms. The van der Waals surface area contributed by atoms with E-state index in [-0.39, 0.29) is 0 Å². The molecule has 0 radical (unpaired) electrons. The molecule has 0 saturated carbocycles. The third-order valence-corrected chi connectivity index (χ3v) is 12.7. The number of rotatable bonds is 9. The topological polar surface area (TPSA) is 14.7 Å². The van der Waals surface area contributed by atoms with E-state index in [2.05, 4.69) is 286 Å². The maximum atomic E-state index is 2.45. The molecule has 0 fully saturated rings. The highest BCUT2D eigenvalue weighted by Gasteiger charge is 2.36. The van der Waals surface area contributed by atoms with Crippen molar-refractivity contribution in [2.45, 2.75) is 0 Å². The molecular formula is C62H44N4. The minimum absolute atomic E-state index is 1.08. The van der Waals surface area contributed by atoms with Gasteiger partial charge < -0.3 is 9.80 Å². The maximum absolute atomic E-state index is 2.45. The second kappa shape index (κ2) is 16.7. The van der Waals surface area contributed by atoms with Crippen molar-refractivity contribution >= 4 is 62.2 Å². The standard InChI is InChI=1S/C62H44N4/c1-6-18-45(19-7-1)47-30-37-54(38-31-47)63(55-39-32-48(33-40-55)46-20-8-2-9-21-46)56-41-34-49(35-42-56)50-36-43-59-60(44-50)66(53-26-14-5-15-27-53)62-61(64(59)51-22-10-3-11-23-51)57-28-16-17-29-58(57)65(62)52-24-12-4-13-25-52/h1-44H. The molecule has 1 aliphatic heterocycles. The van der Waals surface area contributed by atoms with Crippen molar-refractivity contribution in [2.24, 2.45) is 0 Å². The van der Waals surface area contributed by atoms with Gasteiger partial charge in [0, 0.05) is 39.5 Å². The normalized spacial score (nSPS) is 11.9. The Labute approximate surface area is 385 Å². The van der Waals surface area contributed by atoms with Gasteiger partial charge in [-0.2, -0.15) is 0 Å². The second-order valence-corrected chi connectivity index (χ2v) is 16.6. The molecule has 12 rings (SSSR count). The lowest BCUT2D eigenvalue weighted by Crippen LogP contribution is -2.25. The molecule has 0 amide bonds. The molecule has 0 N–H and O–H groups in total. The monoisotopic (exact) mass is 844 g/mol. The zero-order chi connectivity index (χ0) is 43.8. The molecule has 4 nitrogen and oxygen atoms in total. The van der Waals surface area contributed by atoms with Crippen LogP contribution in [0.15, 0.2) is 267 Å². The van der Waals surface area contributed by atoms with Gasteiger partial charge in [-0.25, -0.2) is 0 Å². The third kappa shape index (κ3) is 6.89. The number of fused-ring (bicyclic) bond motifs is 4. The fourth-order valence-corrected chi connectivity index (χ4v) is 9.58. The van der Waals surface area contributed by atoms with Crippen molar-refractivity contribution < 1.29 is 0 Å². The molecule has 10 aromatic carbocycles. The van der Waals surface area contributed by atoms with Crippen LogP contribution in [-0.2, 0) is 0 Å². The van der Waals surface area contributed by atoms with E-state index in [9.17, 15) is 0 Å². The number of hydrogen-bond donors (Lipinski definition) is 0. The SMILES string of the molecule is c1ccc(-c2ccc(N(c3ccc(-c4ccccc4)cc3)c3ccc(-c4ccc5c(c4)N(c4ccccc4)c4c(c6ccccc6n4-c4ccccc4)N5c4ccccc4)cc3)cc2)cc1. The van der Waals surface area contributed by atoms with E-state index in [0.29, 0.717) is 0 Å². The molecular weight excluding hydrogens is 801 g/mol. The Balaban J connectivity index is 0.995. The highest BCUT2D eigenvalue weighted by Crippen LogP contribution is 2.59. The lowest BCUT2D eigenvalue weighted by atomic mass is 9.99. The van der Waals surface area contributed by atoms with E-state index in [1.807, 2.05) is 0 Å². The predicted octanol–water partition coefficient (Wildman–Crippen LogP) is 17.4. The van der Waals surface area contributed by atoms with Crippen molar-refractivity contribution in [3.63, 3.8) is 0 Å². The van der Waals surface area contributed by atoms with Gasteiger partial charge in [-0.3, -0.25) is 9.47 Å². The molecule has 0 bridgehead atoms.